The molecule has 3 aromatic heterocycles. The maximum absolute atomic E-state index is 7.06. The third-order valence-corrected chi connectivity index (χ3v) is 16.4. The number of pyridine rings is 1. The maximum Gasteiger partial charge on any atom is 0.135 e. The molecule has 1 aliphatic heterocycles. The molecule has 7 heteroatoms. The predicted octanol–water partition coefficient (Wildman–Crippen LogP) is 20.6. The number of para-hydroxylation sites is 3. The molecule has 418 valence electrons. The van der Waals surface area contributed by atoms with Gasteiger partial charge in [0.25, 0.3) is 0 Å². The molecule has 0 spiro atoms. The molecule has 0 radical (unpaired) electrons. The van der Waals surface area contributed by atoms with Gasteiger partial charge in [-0.15, -0.1) is 42.7 Å². The van der Waals surface area contributed by atoms with Crippen molar-refractivity contribution in [2.45, 2.75) is 105 Å². The SMILES string of the molecule is CC(C)(C)c1cc(-c2cc(C(C)(C)C)cc(-c3cccc(-c4ccccc4)c3)c2N2[CH-]N(c3[c-]c(Oc4[c-]c5c6c7c(cccc7n(-c7ccccc7)c6c4)n5-c4cc(C(C)(C)C)ccn4)ccc3)c3ccccc32)cc(C(C)(C)C)c1.[Pt]. The van der Waals surface area contributed by atoms with E-state index in [9.17, 15) is 0 Å². The standard InChI is InChI=1S/C76H70N5O.Pt/c1-73(2,3)53-36-37-77-69(44-53)81-66-35-23-34-65-70(66)71-67(80(65)57-28-17-14-18-29-57)46-60(47-68(71)81)82-59-31-22-30-58(45-59)78-48-79(64-33-20-19-32-63(64)78)72-61(51-27-21-26-50(38-51)49-24-15-13-16-25-49)42-56(76(10,11)12)43-62(72)52-39-54(74(4,5)6)41-55(40-52)75(7,8)9;/h13-44,46,48H,1-12H3;/q-3;. The van der Waals surface area contributed by atoms with Crippen molar-refractivity contribution in [3.63, 3.8) is 0 Å². The Balaban J connectivity index is 0.00000680. The Bertz CT molecular complexity index is 4360. The number of nitrogens with zero attached hydrogens (tertiary/aromatic N) is 5. The first-order valence-corrected chi connectivity index (χ1v) is 28.8. The maximum atomic E-state index is 7.06. The third kappa shape index (κ3) is 10.0. The predicted molar refractivity (Wildman–Crippen MR) is 343 cm³/mol. The number of aromatic nitrogens is 3. The van der Waals surface area contributed by atoms with Crippen LogP contribution in [0, 0.1) is 18.8 Å². The number of anilines is 4. The van der Waals surface area contributed by atoms with Gasteiger partial charge in [0.15, 0.2) is 0 Å². The van der Waals surface area contributed by atoms with Gasteiger partial charge in [0.05, 0.1) is 0 Å². The van der Waals surface area contributed by atoms with Crippen molar-refractivity contribution in [2.75, 3.05) is 9.80 Å². The number of fused-ring (bicyclic) bond motifs is 1. The molecule has 0 saturated heterocycles. The summed E-state index contributed by atoms with van der Waals surface area (Å²) in [6.45, 7) is 29.9. The first-order chi connectivity index (χ1) is 39.2. The Kier molecular flexibility index (Phi) is 13.7. The van der Waals surface area contributed by atoms with E-state index in [-0.39, 0.29) is 42.7 Å². The van der Waals surface area contributed by atoms with Crippen molar-refractivity contribution in [3.05, 3.63) is 241 Å². The average molecular weight is 1260 g/mol. The number of hydrogen-bond donors (Lipinski definition) is 0. The Labute approximate surface area is 504 Å². The second-order valence-electron chi connectivity index (χ2n) is 26.3. The summed E-state index contributed by atoms with van der Waals surface area (Å²) < 4.78 is 11.7. The number of benzene rings is 9. The molecule has 83 heavy (non-hydrogen) atoms. The van der Waals surface area contributed by atoms with E-state index in [2.05, 4.69) is 309 Å². The van der Waals surface area contributed by atoms with Crippen molar-refractivity contribution < 1.29 is 25.8 Å². The van der Waals surface area contributed by atoms with Crippen LogP contribution in [0.4, 0.5) is 22.7 Å². The normalized spacial score (nSPS) is 13.1. The van der Waals surface area contributed by atoms with Gasteiger partial charge in [-0.1, -0.05) is 197 Å². The topological polar surface area (TPSA) is 38.5 Å². The van der Waals surface area contributed by atoms with E-state index in [0.717, 1.165) is 72.8 Å². The molecule has 6 nitrogen and oxygen atoms in total. The second-order valence-corrected chi connectivity index (χ2v) is 26.3. The Morgan fingerprint density at radius 3 is 1.63 bits per heavy atom. The van der Waals surface area contributed by atoms with E-state index in [1.807, 2.05) is 12.3 Å². The summed E-state index contributed by atoms with van der Waals surface area (Å²) in [6, 6.07) is 78.1. The molecular formula is C76H70N5OPt-3. The molecule has 13 rings (SSSR count). The fourth-order valence-electron chi connectivity index (χ4n) is 11.8. The minimum atomic E-state index is -0.157. The van der Waals surface area contributed by atoms with Crippen molar-refractivity contribution in [3.8, 4) is 56.4 Å². The minimum absolute atomic E-state index is 0. The Morgan fingerprint density at radius 2 is 0.964 bits per heavy atom. The number of ether oxygens (including phenoxy) is 1. The summed E-state index contributed by atoms with van der Waals surface area (Å²) in [4.78, 5) is 9.69. The van der Waals surface area contributed by atoms with Crippen LogP contribution in [0.1, 0.15) is 105 Å². The Hall–Kier alpha value is -8.18. The van der Waals surface area contributed by atoms with Crippen molar-refractivity contribution in [1.29, 1.82) is 0 Å². The van der Waals surface area contributed by atoms with Gasteiger partial charge >= 0.3 is 0 Å². The van der Waals surface area contributed by atoms with E-state index in [1.165, 1.54) is 49.9 Å². The van der Waals surface area contributed by atoms with E-state index >= 15 is 0 Å². The fourth-order valence-corrected chi connectivity index (χ4v) is 11.8. The van der Waals surface area contributed by atoms with Crippen LogP contribution in [0.3, 0.4) is 0 Å². The van der Waals surface area contributed by atoms with Gasteiger partial charge in [-0.05, 0) is 144 Å². The average Bonchev–Trinajstić information content (AvgIpc) is 2.44. The van der Waals surface area contributed by atoms with Crippen LogP contribution in [0.15, 0.2) is 200 Å². The third-order valence-electron chi connectivity index (χ3n) is 16.4. The van der Waals surface area contributed by atoms with Gasteiger partial charge < -0.3 is 23.7 Å². The zero-order valence-electron chi connectivity index (χ0n) is 49.6. The van der Waals surface area contributed by atoms with Crippen LogP contribution < -0.4 is 14.5 Å². The monoisotopic (exact) mass is 1260 g/mol. The largest absolute Gasteiger partial charge is 0.509 e. The van der Waals surface area contributed by atoms with Crippen LogP contribution in [0.5, 0.6) is 11.5 Å². The number of rotatable bonds is 9. The van der Waals surface area contributed by atoms with E-state index in [4.69, 9.17) is 9.72 Å². The molecule has 0 fully saturated rings. The first kappa shape index (κ1) is 55.4. The molecule has 4 heterocycles. The molecule has 0 aliphatic carbocycles. The molecule has 0 bridgehead atoms. The van der Waals surface area contributed by atoms with Crippen LogP contribution in [-0.4, -0.2) is 14.1 Å². The zero-order valence-corrected chi connectivity index (χ0v) is 51.9. The molecule has 0 amide bonds. The van der Waals surface area contributed by atoms with E-state index in [0.29, 0.717) is 11.5 Å². The first-order valence-electron chi connectivity index (χ1n) is 28.8. The van der Waals surface area contributed by atoms with E-state index in [1.54, 1.807) is 0 Å². The van der Waals surface area contributed by atoms with Crippen LogP contribution >= 0.6 is 0 Å². The van der Waals surface area contributed by atoms with E-state index < -0.39 is 0 Å². The summed E-state index contributed by atoms with van der Waals surface area (Å²) in [5.41, 5.74) is 21.0. The van der Waals surface area contributed by atoms with Crippen LogP contribution in [0.2, 0.25) is 0 Å². The molecule has 9 aromatic carbocycles. The molecule has 0 atom stereocenters. The number of hydrogen-bond acceptors (Lipinski definition) is 4. The summed E-state index contributed by atoms with van der Waals surface area (Å²) in [5.74, 6) is 2.00. The fraction of sp³-hybridized carbons (Fsp3) is 0.211. The van der Waals surface area contributed by atoms with Crippen molar-refractivity contribution in [1.82, 2.24) is 14.1 Å². The molecule has 0 saturated carbocycles. The quantitative estimate of drug-likeness (QED) is 0.135. The van der Waals surface area contributed by atoms with Gasteiger partial charge in [0.1, 0.15) is 5.82 Å². The van der Waals surface area contributed by atoms with Gasteiger partial charge in [-0.2, -0.15) is 6.07 Å². The van der Waals surface area contributed by atoms with Gasteiger partial charge in [0, 0.05) is 83.7 Å². The summed E-state index contributed by atoms with van der Waals surface area (Å²) >= 11 is 0. The van der Waals surface area contributed by atoms with Crippen LogP contribution in [0.25, 0.3) is 77.7 Å². The van der Waals surface area contributed by atoms with Crippen molar-refractivity contribution in [2.24, 2.45) is 0 Å². The molecule has 0 unspecified atom stereocenters. The van der Waals surface area contributed by atoms with Crippen molar-refractivity contribution >= 4 is 55.6 Å². The summed E-state index contributed by atoms with van der Waals surface area (Å²) in [6.07, 6.45) is 1.93. The van der Waals surface area contributed by atoms with Gasteiger partial charge in [0.2, 0.25) is 0 Å². The van der Waals surface area contributed by atoms with Gasteiger partial charge in [-0.25, -0.2) is 4.98 Å². The van der Waals surface area contributed by atoms with Crippen LogP contribution in [-0.2, 0) is 42.7 Å². The molecule has 0 N–H and O–H groups in total. The molecule has 12 aromatic rings. The second kappa shape index (κ2) is 20.6. The minimum Gasteiger partial charge on any atom is -0.509 e. The molecular weight excluding hydrogens is 1190 g/mol. The summed E-state index contributed by atoms with van der Waals surface area (Å²) in [5, 5.41) is 2.29. The van der Waals surface area contributed by atoms with Gasteiger partial charge in [-0.3, -0.25) is 0 Å². The summed E-state index contributed by atoms with van der Waals surface area (Å²) in [7, 11) is 0. The zero-order chi connectivity index (χ0) is 57.0. The Morgan fingerprint density at radius 1 is 0.410 bits per heavy atom. The smallest absolute Gasteiger partial charge is 0.135 e. The molecule has 1 aliphatic rings.